The van der Waals surface area contributed by atoms with E-state index in [4.69, 9.17) is 4.52 Å². The molecule has 3 aromatic rings. The number of sulfonamides is 1. The predicted octanol–water partition coefficient (Wildman–Crippen LogP) is 2.76. The van der Waals surface area contributed by atoms with Crippen LogP contribution in [-0.4, -0.2) is 37.3 Å². The quantitative estimate of drug-likeness (QED) is 0.682. The second kappa shape index (κ2) is 7.81. The summed E-state index contributed by atoms with van der Waals surface area (Å²) in [5.74, 6) is 0.257. The van der Waals surface area contributed by atoms with Crippen LogP contribution in [0.3, 0.4) is 0 Å². The Hall–Kier alpha value is -3.20. The maximum absolute atomic E-state index is 12.7. The maximum atomic E-state index is 12.7. The number of amides is 1. The van der Waals surface area contributed by atoms with Gasteiger partial charge in [-0.2, -0.15) is 4.98 Å². The highest BCUT2D eigenvalue weighted by Gasteiger charge is 2.23. The van der Waals surface area contributed by atoms with Gasteiger partial charge < -0.3 is 9.84 Å². The first kappa shape index (κ1) is 19.6. The van der Waals surface area contributed by atoms with Crippen LogP contribution in [0.2, 0.25) is 0 Å². The summed E-state index contributed by atoms with van der Waals surface area (Å²) in [4.78, 5) is 16.8. The zero-order valence-corrected chi connectivity index (χ0v) is 16.5. The van der Waals surface area contributed by atoms with Gasteiger partial charge in [0.05, 0.1) is 17.6 Å². The third-order valence-corrected chi connectivity index (χ3v) is 5.17. The van der Waals surface area contributed by atoms with Crippen LogP contribution < -0.4 is 9.62 Å². The molecule has 2 aromatic carbocycles. The third-order valence-electron chi connectivity index (χ3n) is 4.04. The molecule has 0 fully saturated rings. The van der Waals surface area contributed by atoms with Gasteiger partial charge in [0.1, 0.15) is 6.54 Å². The van der Waals surface area contributed by atoms with Gasteiger partial charge in [0.2, 0.25) is 27.6 Å². The van der Waals surface area contributed by atoms with Crippen molar-refractivity contribution in [3.8, 4) is 11.4 Å². The van der Waals surface area contributed by atoms with Crippen LogP contribution in [-0.2, 0) is 14.8 Å². The van der Waals surface area contributed by atoms with Crippen molar-refractivity contribution in [3.05, 3.63) is 60.0 Å². The molecule has 0 spiro atoms. The minimum Gasteiger partial charge on any atom is -0.339 e. The molecule has 0 radical (unpaired) electrons. The Morgan fingerprint density at radius 3 is 2.43 bits per heavy atom. The number of carbonyl (C=O) groups is 1. The number of hydrogen-bond donors (Lipinski definition) is 1. The largest absolute Gasteiger partial charge is 0.339 e. The molecule has 0 saturated carbocycles. The zero-order chi connectivity index (χ0) is 20.3. The van der Waals surface area contributed by atoms with Gasteiger partial charge in [-0.05, 0) is 30.7 Å². The van der Waals surface area contributed by atoms with Crippen LogP contribution in [0.1, 0.15) is 11.5 Å². The average Bonchev–Trinajstić information content (AvgIpc) is 3.06. The highest BCUT2D eigenvalue weighted by atomic mass is 32.2. The minimum absolute atomic E-state index is 0.340. The first-order valence-corrected chi connectivity index (χ1v) is 10.3. The number of nitrogens with one attached hydrogen (secondary N) is 1. The van der Waals surface area contributed by atoms with Gasteiger partial charge in [-0.3, -0.25) is 9.10 Å². The summed E-state index contributed by atoms with van der Waals surface area (Å²) < 4.78 is 30.6. The molecule has 9 heteroatoms. The molecule has 146 valence electrons. The fraction of sp³-hybridized carbons (Fsp3) is 0.211. The average molecular weight is 400 g/mol. The van der Waals surface area contributed by atoms with Crippen molar-refractivity contribution >= 4 is 27.3 Å². The number of aryl methyl sites for hydroxylation is 2. The lowest BCUT2D eigenvalue weighted by molar-refractivity contribution is -0.114. The Morgan fingerprint density at radius 2 is 1.79 bits per heavy atom. The number of benzene rings is 2. The van der Waals surface area contributed by atoms with E-state index >= 15 is 0 Å². The second-order valence-electron chi connectivity index (χ2n) is 6.29. The molecule has 0 bridgehead atoms. The molecule has 3 rings (SSSR count). The zero-order valence-electron chi connectivity index (χ0n) is 15.7. The van der Waals surface area contributed by atoms with Gasteiger partial charge in [0.15, 0.2) is 0 Å². The molecular formula is C19H20N4O4S. The van der Waals surface area contributed by atoms with E-state index in [9.17, 15) is 13.2 Å². The topological polar surface area (TPSA) is 105 Å². The predicted molar refractivity (Wildman–Crippen MR) is 106 cm³/mol. The molecule has 0 saturated heterocycles. The van der Waals surface area contributed by atoms with Crippen molar-refractivity contribution in [2.75, 3.05) is 22.4 Å². The van der Waals surface area contributed by atoms with E-state index in [-0.39, 0.29) is 6.54 Å². The minimum atomic E-state index is -3.65. The fourth-order valence-electron chi connectivity index (χ4n) is 2.74. The van der Waals surface area contributed by atoms with Gasteiger partial charge in [-0.1, -0.05) is 35.5 Å². The smallest absolute Gasteiger partial charge is 0.245 e. The highest BCUT2D eigenvalue weighted by molar-refractivity contribution is 7.92. The van der Waals surface area contributed by atoms with Crippen molar-refractivity contribution < 1.29 is 17.7 Å². The van der Waals surface area contributed by atoms with Crippen molar-refractivity contribution in [2.45, 2.75) is 13.8 Å². The number of anilines is 2. The van der Waals surface area contributed by atoms with E-state index in [2.05, 4.69) is 15.5 Å². The third kappa shape index (κ3) is 4.37. The molecule has 1 heterocycles. The van der Waals surface area contributed by atoms with E-state index in [1.165, 1.54) is 0 Å². The first-order valence-electron chi connectivity index (χ1n) is 8.48. The molecule has 0 atom stereocenters. The molecule has 1 amide bonds. The molecule has 0 unspecified atom stereocenters. The molecule has 0 aliphatic heterocycles. The molecule has 28 heavy (non-hydrogen) atoms. The molecule has 8 nitrogen and oxygen atoms in total. The number of aromatic nitrogens is 2. The Balaban J connectivity index is 1.86. The molecule has 1 N–H and O–H groups in total. The van der Waals surface area contributed by atoms with Gasteiger partial charge >= 0.3 is 0 Å². The van der Waals surface area contributed by atoms with E-state index in [0.717, 1.165) is 16.1 Å². The van der Waals surface area contributed by atoms with Crippen molar-refractivity contribution in [1.82, 2.24) is 10.1 Å². The summed E-state index contributed by atoms with van der Waals surface area (Å²) in [5, 5.41) is 6.61. The van der Waals surface area contributed by atoms with Gasteiger partial charge in [-0.15, -0.1) is 0 Å². The normalized spacial score (nSPS) is 11.2. The first-order chi connectivity index (χ1) is 13.3. The maximum Gasteiger partial charge on any atom is 0.245 e. The molecule has 0 aliphatic rings. The SMILES string of the molecule is Cc1nc(-c2ccccc2NC(=O)CN(c2ccccc2C)S(C)(=O)=O)no1. The van der Waals surface area contributed by atoms with Crippen molar-refractivity contribution in [2.24, 2.45) is 0 Å². The number of hydrogen-bond acceptors (Lipinski definition) is 6. The molecular weight excluding hydrogens is 380 g/mol. The summed E-state index contributed by atoms with van der Waals surface area (Å²) in [6, 6.07) is 14.0. The van der Waals surface area contributed by atoms with Crippen molar-refractivity contribution in [3.63, 3.8) is 0 Å². The summed E-state index contributed by atoms with van der Waals surface area (Å²) in [7, 11) is -3.65. The van der Waals surface area contributed by atoms with Gasteiger partial charge in [0.25, 0.3) is 0 Å². The summed E-state index contributed by atoms with van der Waals surface area (Å²) in [6.45, 7) is 3.10. The lowest BCUT2D eigenvalue weighted by Gasteiger charge is -2.23. The Bertz CT molecular complexity index is 1110. The van der Waals surface area contributed by atoms with Crippen LogP contribution in [0, 0.1) is 13.8 Å². The van der Waals surface area contributed by atoms with Gasteiger partial charge in [-0.25, -0.2) is 8.42 Å². The Morgan fingerprint density at radius 1 is 1.11 bits per heavy atom. The van der Waals surface area contributed by atoms with Crippen LogP contribution in [0.4, 0.5) is 11.4 Å². The van der Waals surface area contributed by atoms with E-state index < -0.39 is 15.9 Å². The standard InChI is InChI=1S/C19H20N4O4S/c1-13-8-4-7-11-17(13)23(28(3,25)26)12-18(24)21-16-10-6-5-9-15(16)19-20-14(2)27-22-19/h4-11H,12H2,1-3H3,(H,21,24). The second-order valence-corrected chi connectivity index (χ2v) is 8.19. The number of rotatable bonds is 6. The molecule has 0 aliphatic carbocycles. The van der Waals surface area contributed by atoms with E-state index in [1.807, 2.05) is 6.07 Å². The lowest BCUT2D eigenvalue weighted by atomic mass is 10.1. The summed E-state index contributed by atoms with van der Waals surface area (Å²) in [6.07, 6.45) is 1.07. The summed E-state index contributed by atoms with van der Waals surface area (Å²) >= 11 is 0. The van der Waals surface area contributed by atoms with Crippen molar-refractivity contribution in [1.29, 1.82) is 0 Å². The van der Waals surface area contributed by atoms with Crippen LogP contribution in [0.15, 0.2) is 53.1 Å². The van der Waals surface area contributed by atoms with E-state index in [0.29, 0.717) is 28.7 Å². The summed E-state index contributed by atoms with van der Waals surface area (Å²) in [5.41, 5.74) is 2.26. The fourth-order valence-corrected chi connectivity index (χ4v) is 3.65. The lowest BCUT2D eigenvalue weighted by Crippen LogP contribution is -2.37. The van der Waals surface area contributed by atoms with E-state index in [1.54, 1.807) is 56.3 Å². The van der Waals surface area contributed by atoms with Gasteiger partial charge in [0, 0.05) is 12.5 Å². The van der Waals surface area contributed by atoms with Crippen LogP contribution in [0.25, 0.3) is 11.4 Å². The molecule has 1 aromatic heterocycles. The monoisotopic (exact) mass is 400 g/mol. The highest BCUT2D eigenvalue weighted by Crippen LogP contribution is 2.26. The number of nitrogens with zero attached hydrogens (tertiary/aromatic N) is 3. The Kier molecular flexibility index (Phi) is 5.46. The van der Waals surface area contributed by atoms with Crippen LogP contribution >= 0.6 is 0 Å². The number of carbonyl (C=O) groups excluding carboxylic acids is 1. The Labute approximate surface area is 163 Å². The number of para-hydroxylation sites is 2. The van der Waals surface area contributed by atoms with Crippen LogP contribution in [0.5, 0.6) is 0 Å².